The van der Waals surface area contributed by atoms with E-state index >= 15 is 0 Å². The summed E-state index contributed by atoms with van der Waals surface area (Å²) in [6.45, 7) is 4.63. The maximum Gasteiger partial charge on any atom is 0.254 e. The minimum absolute atomic E-state index is 0. The normalized spacial score (nSPS) is 20.4. The lowest BCUT2D eigenvalue weighted by atomic mass is 10.2. The van der Waals surface area contributed by atoms with Crippen LogP contribution in [-0.2, 0) is 0 Å². The van der Waals surface area contributed by atoms with Crippen molar-refractivity contribution in [1.82, 2.24) is 10.2 Å². The summed E-state index contributed by atoms with van der Waals surface area (Å²) in [4.78, 5) is 14.0. The predicted octanol–water partition coefficient (Wildman–Crippen LogP) is 2.21. The monoisotopic (exact) mass is 372 g/mol. The first kappa shape index (κ1) is 14.2. The van der Waals surface area contributed by atoms with Crippen molar-refractivity contribution in [1.29, 1.82) is 0 Å². The van der Waals surface area contributed by atoms with E-state index < -0.39 is 0 Å². The fourth-order valence-electron chi connectivity index (χ4n) is 1.72. The van der Waals surface area contributed by atoms with Gasteiger partial charge in [-0.3, -0.25) is 4.79 Å². The molecule has 0 spiro atoms. The van der Waals surface area contributed by atoms with Crippen molar-refractivity contribution in [2.45, 2.75) is 13.0 Å². The lowest BCUT2D eigenvalue weighted by Gasteiger charge is -2.31. The van der Waals surface area contributed by atoms with E-state index in [1.165, 1.54) is 2.88 Å². The SMILES string of the molecule is C[C@H]1CN(C(=O)c2csc(I)c2)CCN1.Cl. The smallest absolute Gasteiger partial charge is 0.254 e. The number of amides is 1. The third kappa shape index (κ3) is 3.32. The topological polar surface area (TPSA) is 32.3 Å². The molecule has 2 heterocycles. The molecular formula is C10H14ClIN2OS. The van der Waals surface area contributed by atoms with Gasteiger partial charge in [-0.25, -0.2) is 0 Å². The first-order chi connectivity index (χ1) is 7.16. The van der Waals surface area contributed by atoms with E-state index in [1.54, 1.807) is 11.3 Å². The van der Waals surface area contributed by atoms with Crippen molar-refractivity contribution in [2.75, 3.05) is 19.6 Å². The van der Waals surface area contributed by atoms with E-state index in [9.17, 15) is 4.79 Å². The minimum Gasteiger partial charge on any atom is -0.336 e. The molecule has 1 aromatic rings. The second-order valence-electron chi connectivity index (χ2n) is 3.75. The molecule has 2 rings (SSSR count). The van der Waals surface area contributed by atoms with E-state index in [0.29, 0.717) is 6.04 Å². The standard InChI is InChI=1S/C10H13IN2OS.ClH/c1-7-5-13(3-2-12-7)10(14)8-4-9(11)15-6-8;/h4,6-7,12H,2-3,5H2,1H3;1H/t7-;/m0./s1. The van der Waals surface area contributed by atoms with Crippen LogP contribution in [0.4, 0.5) is 0 Å². The number of hydrogen-bond acceptors (Lipinski definition) is 3. The van der Waals surface area contributed by atoms with Crippen molar-refractivity contribution in [3.8, 4) is 0 Å². The Labute approximate surface area is 119 Å². The van der Waals surface area contributed by atoms with Crippen LogP contribution >= 0.6 is 46.3 Å². The van der Waals surface area contributed by atoms with Gasteiger partial charge < -0.3 is 10.2 Å². The summed E-state index contributed by atoms with van der Waals surface area (Å²) in [6.07, 6.45) is 0. The zero-order valence-electron chi connectivity index (χ0n) is 8.90. The van der Waals surface area contributed by atoms with E-state index in [-0.39, 0.29) is 18.3 Å². The molecule has 0 radical (unpaired) electrons. The zero-order valence-corrected chi connectivity index (χ0v) is 12.7. The second kappa shape index (κ2) is 6.18. The second-order valence-corrected chi connectivity index (χ2v) is 6.55. The van der Waals surface area contributed by atoms with Crippen molar-refractivity contribution in [3.05, 3.63) is 19.9 Å². The molecule has 3 nitrogen and oxygen atoms in total. The molecule has 1 fully saturated rings. The van der Waals surface area contributed by atoms with Crippen LogP contribution in [0.5, 0.6) is 0 Å². The average Bonchev–Trinajstić information content (AvgIpc) is 2.64. The zero-order chi connectivity index (χ0) is 10.8. The number of nitrogens with zero attached hydrogens (tertiary/aromatic N) is 1. The molecule has 0 unspecified atom stereocenters. The number of piperazine rings is 1. The van der Waals surface area contributed by atoms with Crippen molar-refractivity contribution >= 4 is 52.2 Å². The summed E-state index contributed by atoms with van der Waals surface area (Å²) in [5, 5.41) is 5.27. The van der Waals surface area contributed by atoms with Crippen LogP contribution in [0.25, 0.3) is 0 Å². The van der Waals surface area contributed by atoms with Crippen molar-refractivity contribution in [3.63, 3.8) is 0 Å². The van der Waals surface area contributed by atoms with Gasteiger partial charge in [-0.2, -0.15) is 0 Å². The predicted molar refractivity (Wildman–Crippen MR) is 77.7 cm³/mol. The molecule has 1 N–H and O–H groups in total. The van der Waals surface area contributed by atoms with Crippen LogP contribution < -0.4 is 5.32 Å². The lowest BCUT2D eigenvalue weighted by molar-refractivity contribution is 0.0709. The molecular weight excluding hydrogens is 359 g/mol. The maximum atomic E-state index is 12.1. The molecule has 6 heteroatoms. The van der Waals surface area contributed by atoms with Crippen LogP contribution in [0.3, 0.4) is 0 Å². The highest BCUT2D eigenvalue weighted by atomic mass is 127. The van der Waals surface area contributed by atoms with Gasteiger partial charge in [-0.05, 0) is 35.6 Å². The van der Waals surface area contributed by atoms with Gasteiger partial charge in [0.05, 0.1) is 8.45 Å². The number of rotatable bonds is 1. The number of carbonyl (C=O) groups excluding carboxylic acids is 1. The van der Waals surface area contributed by atoms with Gasteiger partial charge in [0, 0.05) is 31.1 Å². The fourth-order valence-corrected chi connectivity index (χ4v) is 3.04. The largest absolute Gasteiger partial charge is 0.336 e. The molecule has 0 aromatic carbocycles. The first-order valence-corrected chi connectivity index (χ1v) is 6.89. The van der Waals surface area contributed by atoms with Gasteiger partial charge in [0.15, 0.2) is 0 Å². The van der Waals surface area contributed by atoms with E-state index in [1.807, 2.05) is 16.3 Å². The molecule has 1 saturated heterocycles. The summed E-state index contributed by atoms with van der Waals surface area (Å²) in [7, 11) is 0. The molecule has 1 aliphatic heterocycles. The van der Waals surface area contributed by atoms with Gasteiger partial charge >= 0.3 is 0 Å². The van der Waals surface area contributed by atoms with Crippen LogP contribution in [0.1, 0.15) is 17.3 Å². The summed E-state index contributed by atoms with van der Waals surface area (Å²) >= 11 is 3.87. The van der Waals surface area contributed by atoms with Gasteiger partial charge in [0.2, 0.25) is 0 Å². The Morgan fingerprint density at radius 2 is 2.44 bits per heavy atom. The van der Waals surface area contributed by atoms with Gasteiger partial charge in [-0.1, -0.05) is 0 Å². The van der Waals surface area contributed by atoms with Crippen molar-refractivity contribution < 1.29 is 4.79 Å². The Morgan fingerprint density at radius 3 is 3.00 bits per heavy atom. The molecule has 0 aliphatic carbocycles. The van der Waals surface area contributed by atoms with Gasteiger partial charge in [0.25, 0.3) is 5.91 Å². The van der Waals surface area contributed by atoms with E-state index in [0.717, 1.165) is 25.2 Å². The molecule has 1 aliphatic rings. The average molecular weight is 373 g/mol. The van der Waals surface area contributed by atoms with Gasteiger partial charge in [0.1, 0.15) is 0 Å². The molecule has 1 amide bonds. The summed E-state index contributed by atoms with van der Waals surface area (Å²) in [5.41, 5.74) is 0.832. The third-order valence-corrected chi connectivity index (χ3v) is 4.26. The van der Waals surface area contributed by atoms with Crippen LogP contribution in [0.15, 0.2) is 11.4 Å². The maximum absolute atomic E-state index is 12.1. The fraction of sp³-hybridized carbons (Fsp3) is 0.500. The number of nitrogens with one attached hydrogen (secondary N) is 1. The highest BCUT2D eigenvalue weighted by molar-refractivity contribution is 14.1. The molecule has 16 heavy (non-hydrogen) atoms. The summed E-state index contributed by atoms with van der Waals surface area (Å²) in [5.74, 6) is 0.169. The highest BCUT2D eigenvalue weighted by Crippen LogP contribution is 2.18. The number of carbonyl (C=O) groups is 1. The van der Waals surface area contributed by atoms with Crippen LogP contribution in [0, 0.1) is 2.88 Å². The lowest BCUT2D eigenvalue weighted by Crippen LogP contribution is -2.51. The number of hydrogen-bond donors (Lipinski definition) is 1. The molecule has 1 aromatic heterocycles. The van der Waals surface area contributed by atoms with Gasteiger partial charge in [-0.15, -0.1) is 23.7 Å². The third-order valence-electron chi connectivity index (χ3n) is 2.47. The Hall–Kier alpha value is 0.150. The van der Waals surface area contributed by atoms with E-state index in [4.69, 9.17) is 0 Å². The Bertz CT molecular complexity index is 371. The Kier molecular flexibility index (Phi) is 5.49. The number of halogens is 2. The molecule has 0 bridgehead atoms. The first-order valence-electron chi connectivity index (χ1n) is 4.93. The van der Waals surface area contributed by atoms with Crippen LogP contribution in [-0.4, -0.2) is 36.5 Å². The molecule has 90 valence electrons. The summed E-state index contributed by atoms with van der Waals surface area (Å²) < 4.78 is 1.17. The Morgan fingerprint density at radius 1 is 1.69 bits per heavy atom. The Balaban J connectivity index is 0.00000128. The molecule has 0 saturated carbocycles. The van der Waals surface area contributed by atoms with Crippen LogP contribution in [0.2, 0.25) is 0 Å². The van der Waals surface area contributed by atoms with E-state index in [2.05, 4.69) is 34.8 Å². The summed E-state index contributed by atoms with van der Waals surface area (Å²) in [6, 6.07) is 2.36. The quantitative estimate of drug-likeness (QED) is 0.767. The minimum atomic E-state index is 0. The number of thiophene rings is 1. The van der Waals surface area contributed by atoms with Crippen molar-refractivity contribution in [2.24, 2.45) is 0 Å². The molecule has 1 atom stereocenters. The highest BCUT2D eigenvalue weighted by Gasteiger charge is 2.21.